The Balaban J connectivity index is 1.66. The Morgan fingerprint density at radius 3 is 2.45 bits per heavy atom. The van der Waals surface area contributed by atoms with Crippen molar-refractivity contribution in [1.29, 1.82) is 0 Å². The van der Waals surface area contributed by atoms with Crippen molar-refractivity contribution >= 4 is 27.5 Å². The molecule has 1 saturated heterocycles. The average molecular weight is 480 g/mol. The second-order valence-electron chi connectivity index (χ2n) is 8.07. The first kappa shape index (κ1) is 24.8. The van der Waals surface area contributed by atoms with Crippen molar-refractivity contribution < 1.29 is 26.8 Å². The lowest BCUT2D eigenvalue weighted by atomic mass is 9.97. The van der Waals surface area contributed by atoms with Crippen LogP contribution in [-0.4, -0.2) is 43.7 Å². The number of anilines is 1. The topological polar surface area (TPSA) is 95.6 Å². The maximum Gasteiger partial charge on any atom is 0.253 e. The van der Waals surface area contributed by atoms with E-state index in [1.165, 1.54) is 0 Å². The smallest absolute Gasteiger partial charge is 0.253 e. The van der Waals surface area contributed by atoms with Crippen molar-refractivity contribution in [3.05, 3.63) is 59.7 Å². The van der Waals surface area contributed by atoms with E-state index in [1.54, 1.807) is 24.3 Å². The van der Waals surface area contributed by atoms with Gasteiger partial charge in [0.05, 0.1) is 11.3 Å². The molecule has 0 saturated carbocycles. The minimum atomic E-state index is -4.22. The maximum absolute atomic E-state index is 14.0. The third-order valence-electron chi connectivity index (χ3n) is 5.76. The Morgan fingerprint density at radius 2 is 1.79 bits per heavy atom. The van der Waals surface area contributed by atoms with E-state index in [0.717, 1.165) is 22.9 Å². The summed E-state index contributed by atoms with van der Waals surface area (Å²) in [5, 5.41) is 5.64. The van der Waals surface area contributed by atoms with Crippen LogP contribution in [0.25, 0.3) is 0 Å². The molecule has 1 fully saturated rings. The van der Waals surface area contributed by atoms with Gasteiger partial charge in [-0.3, -0.25) is 9.59 Å². The van der Waals surface area contributed by atoms with Crippen molar-refractivity contribution in [2.45, 2.75) is 44.0 Å². The predicted molar refractivity (Wildman–Crippen MR) is 120 cm³/mol. The SMILES string of the molecule is CCC(C)NC(=O)c1ccccc1NC(=O)C1CCN(S(=O)(=O)c2cc(F)ccc2F)CC1. The molecule has 0 spiro atoms. The number of para-hydroxylation sites is 1. The first-order valence-corrected chi connectivity index (χ1v) is 12.2. The average Bonchev–Trinajstić information content (AvgIpc) is 2.80. The van der Waals surface area contributed by atoms with E-state index < -0.39 is 32.5 Å². The molecular formula is C23H27F2N3O4S. The zero-order chi connectivity index (χ0) is 24.2. The van der Waals surface area contributed by atoms with Crippen molar-refractivity contribution in [3.8, 4) is 0 Å². The molecule has 0 radical (unpaired) electrons. The van der Waals surface area contributed by atoms with Gasteiger partial charge in [0.2, 0.25) is 15.9 Å². The van der Waals surface area contributed by atoms with Crippen LogP contribution in [0.3, 0.4) is 0 Å². The number of hydrogen-bond acceptors (Lipinski definition) is 4. The summed E-state index contributed by atoms with van der Waals surface area (Å²) in [4.78, 5) is 24.6. The number of hydrogen-bond donors (Lipinski definition) is 2. The third-order valence-corrected chi connectivity index (χ3v) is 7.67. The normalized spacial score (nSPS) is 16.2. The molecule has 7 nitrogen and oxygen atoms in total. The number of nitrogens with zero attached hydrogens (tertiary/aromatic N) is 1. The van der Waals surface area contributed by atoms with E-state index in [9.17, 15) is 26.8 Å². The standard InChI is InChI=1S/C23H27F2N3O4S/c1-3-15(2)26-23(30)18-6-4-5-7-20(18)27-22(29)16-10-12-28(13-11-16)33(31,32)21-14-17(24)8-9-19(21)25/h4-9,14-16H,3,10-13H2,1-2H3,(H,26,30)(H,27,29). The number of piperidine rings is 1. The largest absolute Gasteiger partial charge is 0.350 e. The Bertz CT molecular complexity index is 1130. The van der Waals surface area contributed by atoms with E-state index >= 15 is 0 Å². The number of nitrogens with one attached hydrogen (secondary N) is 2. The summed E-state index contributed by atoms with van der Waals surface area (Å²) in [6.07, 6.45) is 1.19. The molecule has 10 heteroatoms. The van der Waals surface area contributed by atoms with Crippen LogP contribution in [-0.2, 0) is 14.8 Å². The number of amides is 2. The van der Waals surface area contributed by atoms with Gasteiger partial charge in [-0.2, -0.15) is 4.31 Å². The van der Waals surface area contributed by atoms with Gasteiger partial charge in [-0.15, -0.1) is 0 Å². The molecule has 0 aliphatic carbocycles. The second-order valence-corrected chi connectivity index (χ2v) is 9.98. The van der Waals surface area contributed by atoms with Gasteiger partial charge in [0.1, 0.15) is 16.5 Å². The first-order chi connectivity index (χ1) is 15.6. The van der Waals surface area contributed by atoms with Crippen LogP contribution in [0.2, 0.25) is 0 Å². The van der Waals surface area contributed by atoms with Gasteiger partial charge in [0, 0.05) is 25.0 Å². The molecule has 2 amide bonds. The summed E-state index contributed by atoms with van der Waals surface area (Å²) in [7, 11) is -4.22. The summed E-state index contributed by atoms with van der Waals surface area (Å²) >= 11 is 0. The summed E-state index contributed by atoms with van der Waals surface area (Å²) < 4.78 is 54.0. The second kappa shape index (κ2) is 10.4. The quantitative estimate of drug-likeness (QED) is 0.635. The number of carbonyl (C=O) groups excluding carboxylic acids is 2. The van der Waals surface area contributed by atoms with E-state index in [1.807, 2.05) is 13.8 Å². The lowest BCUT2D eigenvalue weighted by Gasteiger charge is -2.30. The van der Waals surface area contributed by atoms with E-state index in [0.29, 0.717) is 17.3 Å². The molecule has 1 atom stereocenters. The number of sulfonamides is 1. The van der Waals surface area contributed by atoms with Crippen LogP contribution in [0.15, 0.2) is 47.4 Å². The molecule has 1 unspecified atom stereocenters. The molecular weight excluding hydrogens is 452 g/mol. The van der Waals surface area contributed by atoms with Crippen LogP contribution in [0, 0.1) is 17.6 Å². The molecule has 178 valence electrons. The molecule has 0 aromatic heterocycles. The van der Waals surface area contributed by atoms with Crippen molar-refractivity contribution in [1.82, 2.24) is 9.62 Å². The highest BCUT2D eigenvalue weighted by molar-refractivity contribution is 7.89. The maximum atomic E-state index is 14.0. The Morgan fingerprint density at radius 1 is 1.12 bits per heavy atom. The van der Waals surface area contributed by atoms with Gasteiger partial charge < -0.3 is 10.6 Å². The first-order valence-electron chi connectivity index (χ1n) is 10.8. The van der Waals surface area contributed by atoms with Crippen molar-refractivity contribution in [2.24, 2.45) is 5.92 Å². The Labute approximate surface area is 192 Å². The predicted octanol–water partition coefficient (Wildman–Crippen LogP) is 3.53. The van der Waals surface area contributed by atoms with Gasteiger partial charge in [-0.25, -0.2) is 17.2 Å². The molecule has 2 aromatic carbocycles. The van der Waals surface area contributed by atoms with Gasteiger partial charge in [0.15, 0.2) is 0 Å². The van der Waals surface area contributed by atoms with Crippen LogP contribution in [0.4, 0.5) is 14.5 Å². The number of benzene rings is 2. The van der Waals surface area contributed by atoms with E-state index in [2.05, 4.69) is 10.6 Å². The van der Waals surface area contributed by atoms with Crippen LogP contribution in [0.5, 0.6) is 0 Å². The highest BCUT2D eigenvalue weighted by Gasteiger charge is 2.34. The van der Waals surface area contributed by atoms with Crippen molar-refractivity contribution in [2.75, 3.05) is 18.4 Å². The number of carbonyl (C=O) groups is 2. The number of rotatable bonds is 7. The molecule has 1 aliphatic heterocycles. The molecule has 2 aromatic rings. The molecule has 0 bridgehead atoms. The molecule has 33 heavy (non-hydrogen) atoms. The fourth-order valence-corrected chi connectivity index (χ4v) is 5.15. The molecule has 3 rings (SSSR count). The minimum Gasteiger partial charge on any atom is -0.350 e. The fraction of sp³-hybridized carbons (Fsp3) is 0.391. The zero-order valence-corrected chi connectivity index (χ0v) is 19.3. The van der Waals surface area contributed by atoms with Gasteiger partial charge >= 0.3 is 0 Å². The van der Waals surface area contributed by atoms with Crippen molar-refractivity contribution in [3.63, 3.8) is 0 Å². The summed E-state index contributed by atoms with van der Waals surface area (Å²) in [6, 6.07) is 8.93. The minimum absolute atomic E-state index is 0.00742. The van der Waals surface area contributed by atoms with E-state index in [4.69, 9.17) is 0 Å². The summed E-state index contributed by atoms with van der Waals surface area (Å²) in [6.45, 7) is 3.82. The summed E-state index contributed by atoms with van der Waals surface area (Å²) in [5.74, 6) is -2.98. The third kappa shape index (κ3) is 5.75. The lowest BCUT2D eigenvalue weighted by molar-refractivity contribution is -0.120. The van der Waals surface area contributed by atoms with Gasteiger partial charge in [-0.05, 0) is 56.5 Å². The van der Waals surface area contributed by atoms with E-state index in [-0.39, 0.29) is 43.8 Å². The fourth-order valence-electron chi connectivity index (χ4n) is 3.60. The van der Waals surface area contributed by atoms with Gasteiger partial charge in [-0.1, -0.05) is 19.1 Å². The monoisotopic (exact) mass is 479 g/mol. The molecule has 2 N–H and O–H groups in total. The van der Waals surface area contributed by atoms with Gasteiger partial charge in [0.25, 0.3) is 5.91 Å². The van der Waals surface area contributed by atoms with Crippen LogP contribution in [0.1, 0.15) is 43.5 Å². The lowest BCUT2D eigenvalue weighted by Crippen LogP contribution is -2.41. The number of halogens is 2. The highest BCUT2D eigenvalue weighted by Crippen LogP contribution is 2.27. The molecule has 1 heterocycles. The summed E-state index contributed by atoms with van der Waals surface area (Å²) in [5.41, 5.74) is 0.716. The van der Waals surface area contributed by atoms with Crippen LogP contribution >= 0.6 is 0 Å². The Kier molecular flexibility index (Phi) is 7.80. The molecule has 1 aliphatic rings. The highest BCUT2D eigenvalue weighted by atomic mass is 32.2. The van der Waals surface area contributed by atoms with Crippen LogP contribution < -0.4 is 10.6 Å². The Hall–Kier alpha value is -2.85. The zero-order valence-electron chi connectivity index (χ0n) is 18.5.